The Morgan fingerprint density at radius 3 is 0.688 bits per heavy atom. The summed E-state index contributed by atoms with van der Waals surface area (Å²) in [5.41, 5.74) is 0. The van der Waals surface area contributed by atoms with Crippen molar-refractivity contribution in [3.05, 3.63) is 0 Å². The number of carbonyl (C=O) groups is 3. The molecule has 0 aromatic carbocycles. The average molecular weight is 1600 g/mol. The van der Waals surface area contributed by atoms with Crippen LogP contribution in [0.15, 0.2) is 0 Å². The summed E-state index contributed by atoms with van der Waals surface area (Å²) in [5, 5.41) is 287. The summed E-state index contributed by atoms with van der Waals surface area (Å²) in [6, 6.07) is 0. The molecule has 49 heteroatoms. The summed E-state index contributed by atoms with van der Waals surface area (Å²) in [5.74, 6) is -3.30. The lowest BCUT2D eigenvalue weighted by Crippen LogP contribution is -2.68. The fourth-order valence-electron chi connectivity index (χ4n) is 13.6. The first-order valence-electron chi connectivity index (χ1n) is 34.3. The number of carbonyl (C=O) groups excluding carboxylic acids is 3. The molecule has 0 aromatic rings. The van der Waals surface area contributed by atoms with Gasteiger partial charge in [-0.05, 0) is 0 Å². The highest BCUT2D eigenvalue weighted by molar-refractivity contribution is 5.67. The van der Waals surface area contributed by atoms with Gasteiger partial charge < -0.3 is 228 Å². The molecule has 0 bridgehead atoms. The van der Waals surface area contributed by atoms with Crippen LogP contribution in [0, 0.1) is 0 Å². The molecule has 1 unspecified atom stereocenters. The maximum atomic E-state index is 12.3. The van der Waals surface area contributed by atoms with Gasteiger partial charge in [-0.2, -0.15) is 0 Å². The van der Waals surface area contributed by atoms with Gasteiger partial charge in [0.25, 0.3) is 0 Å². The topological polar surface area (TPSA) is 762 Å². The van der Waals surface area contributed by atoms with Gasteiger partial charge in [0.1, 0.15) is 201 Å². The smallest absolute Gasteiger partial charge is 0.303 e. The van der Waals surface area contributed by atoms with E-state index in [4.69, 9.17) is 94.7 Å². The Morgan fingerprint density at radius 2 is 0.422 bits per heavy atom. The first-order chi connectivity index (χ1) is 51.6. The highest BCUT2D eigenvalue weighted by Gasteiger charge is 2.61. The molecule has 0 amide bonds. The lowest BCUT2D eigenvalue weighted by Gasteiger charge is -2.50. The van der Waals surface area contributed by atoms with Crippen LogP contribution in [-0.4, -0.2) is 486 Å². The summed E-state index contributed by atoms with van der Waals surface area (Å²) in [4.78, 5) is 36.8. The zero-order chi connectivity index (χ0) is 80.2. The van der Waals surface area contributed by atoms with Crippen molar-refractivity contribution in [1.29, 1.82) is 0 Å². The van der Waals surface area contributed by atoms with E-state index in [0.29, 0.717) is 0 Å². The molecule has 9 saturated heterocycles. The lowest BCUT2D eigenvalue weighted by molar-refractivity contribution is -0.404. The number of esters is 3. The van der Waals surface area contributed by atoms with Crippen molar-refractivity contribution < 1.29 is 242 Å². The zero-order valence-electron chi connectivity index (χ0n) is 57.9. The van der Waals surface area contributed by atoms with E-state index in [0.717, 1.165) is 20.8 Å². The van der Waals surface area contributed by atoms with E-state index in [9.17, 15) is 147 Å². The summed E-state index contributed by atoms with van der Waals surface area (Å²) < 4.78 is 114. The fourth-order valence-corrected chi connectivity index (χ4v) is 13.6. The quantitative estimate of drug-likeness (QED) is 0.0255. The second-order valence-electron chi connectivity index (χ2n) is 27.0. The summed E-state index contributed by atoms with van der Waals surface area (Å²) >= 11 is 0. The Bertz CT molecular complexity index is 2830. The molecule has 0 aliphatic carbocycles. The number of hydrogen-bond acceptors (Lipinski definition) is 49. The molecule has 109 heavy (non-hydrogen) atoms. The Morgan fingerprint density at radius 1 is 0.220 bits per heavy atom. The zero-order valence-corrected chi connectivity index (χ0v) is 57.9. The molecule has 632 valence electrons. The standard InChI is InChI=1S/C60H98O49/c1-13(68)92-46-35(81)26(72)17(5-62)97-55(46)106-45-34(80)25(71)16(4-61)96-54(45)91-12-24-33(79)44(105-59-50(39(85)30(76)21(9-66)101-59)107-56-47(93-14(2)69)36(82)27(73)18(6-63)98-56)42(88)53(103-24)90-11-23-32(78)43(41(87)52(89)95-23)104-58-49(38(84)29(75)20(8-65)100-58)109-60-51(40(86)31(77)22(10-67)102-60)108-57-48(94-15(3)70)37(83)28(74)19(7-64)99-57/h16-67,71-89H,4-12H2,1-3H3/t16-,17-,18-,19-,20-,21-,22-,23-,24-,25-,26-,27-,28-,29-,30-,31-,32-,33-,34+,35+,36+,37+,38+,39+,40+,41+,42+,43+,44+,45+,46+,47+,48+,49+,50+,51+,52?,53+,54+,55-,56-,57-,58-,59-,60-/m1/s1. The Kier molecular flexibility index (Phi) is 32.1. The molecule has 0 spiro atoms. The third-order valence-corrected chi connectivity index (χ3v) is 19.6. The number of aliphatic hydroxyl groups is 26. The van der Waals surface area contributed by atoms with Gasteiger partial charge in [0.15, 0.2) is 74.9 Å². The van der Waals surface area contributed by atoms with Crippen molar-refractivity contribution in [2.45, 2.75) is 297 Å². The Hall–Kier alpha value is -3.31. The lowest BCUT2D eigenvalue weighted by atomic mass is 9.95. The monoisotopic (exact) mass is 1600 g/mol. The molecule has 0 aromatic heterocycles. The van der Waals surface area contributed by atoms with Gasteiger partial charge in [0.2, 0.25) is 0 Å². The molecule has 9 rings (SSSR count). The van der Waals surface area contributed by atoms with Gasteiger partial charge in [-0.25, -0.2) is 0 Å². The molecule has 9 heterocycles. The molecule has 0 saturated carbocycles. The van der Waals surface area contributed by atoms with Crippen LogP contribution in [0.5, 0.6) is 0 Å². The first kappa shape index (κ1) is 89.6. The van der Waals surface area contributed by atoms with Gasteiger partial charge in [-0.15, -0.1) is 0 Å². The van der Waals surface area contributed by atoms with Gasteiger partial charge in [-0.1, -0.05) is 0 Å². The van der Waals surface area contributed by atoms with Crippen LogP contribution in [0.1, 0.15) is 20.8 Å². The minimum Gasteiger partial charge on any atom is -0.454 e. The van der Waals surface area contributed by atoms with Gasteiger partial charge in [0.05, 0.1) is 59.5 Å². The van der Waals surface area contributed by atoms with Crippen LogP contribution in [0.2, 0.25) is 0 Å². The normalized spacial score (nSPS) is 50.0. The van der Waals surface area contributed by atoms with E-state index in [1.807, 2.05) is 0 Å². The maximum absolute atomic E-state index is 12.3. The van der Waals surface area contributed by atoms with Gasteiger partial charge >= 0.3 is 17.9 Å². The van der Waals surface area contributed by atoms with Crippen molar-refractivity contribution in [2.24, 2.45) is 0 Å². The molecular weight excluding hydrogens is 1500 g/mol. The predicted octanol–water partition coefficient (Wildman–Crippen LogP) is -18.9. The highest BCUT2D eigenvalue weighted by Crippen LogP contribution is 2.40. The number of aliphatic hydroxyl groups excluding tert-OH is 26. The largest absolute Gasteiger partial charge is 0.454 e. The number of hydrogen-bond donors (Lipinski definition) is 26. The molecule has 26 N–H and O–H groups in total. The van der Waals surface area contributed by atoms with E-state index in [1.54, 1.807) is 0 Å². The van der Waals surface area contributed by atoms with Crippen molar-refractivity contribution in [3.63, 3.8) is 0 Å². The molecule has 9 aliphatic heterocycles. The Labute approximate surface area is 615 Å². The third-order valence-electron chi connectivity index (χ3n) is 19.6. The van der Waals surface area contributed by atoms with E-state index < -0.39 is 354 Å². The summed E-state index contributed by atoms with van der Waals surface area (Å²) in [6.45, 7) is -7.23. The predicted molar refractivity (Wildman–Crippen MR) is 326 cm³/mol. The van der Waals surface area contributed by atoms with E-state index in [2.05, 4.69) is 0 Å². The molecule has 45 atom stereocenters. The average Bonchev–Trinajstić information content (AvgIpc) is 0.778. The van der Waals surface area contributed by atoms with E-state index in [1.165, 1.54) is 0 Å². The van der Waals surface area contributed by atoms with Crippen LogP contribution in [0.3, 0.4) is 0 Å². The Balaban J connectivity index is 1.01. The molecule has 9 fully saturated rings. The summed E-state index contributed by atoms with van der Waals surface area (Å²) in [6.07, 6.45) is -95.9. The number of ether oxygens (including phenoxy) is 20. The van der Waals surface area contributed by atoms with Crippen molar-refractivity contribution in [2.75, 3.05) is 59.5 Å². The van der Waals surface area contributed by atoms with Crippen LogP contribution in [0.4, 0.5) is 0 Å². The van der Waals surface area contributed by atoms with E-state index >= 15 is 0 Å². The maximum Gasteiger partial charge on any atom is 0.303 e. The highest BCUT2D eigenvalue weighted by atomic mass is 16.8. The molecule has 49 nitrogen and oxygen atoms in total. The van der Waals surface area contributed by atoms with Crippen molar-refractivity contribution >= 4 is 17.9 Å². The second-order valence-corrected chi connectivity index (χ2v) is 27.0. The number of rotatable bonds is 28. The van der Waals surface area contributed by atoms with Gasteiger partial charge in [0, 0.05) is 20.8 Å². The first-order valence-corrected chi connectivity index (χ1v) is 34.3. The SMILES string of the molecule is CC(=O)O[C@@H]1[C@@H](O[C@@H]2[C@@H](OC[C@H]3O[C@H](OC[C@H]4OC(O)[C@@H](O)[C@@H](O[C@H]5O[C@H](CO)[C@@H](O)[C@H](O)[C@@H]5O[C@H]5O[C@H](CO)[C@@H](O)[C@H](O)[C@@H]5O[C@H]5O[C@H](CO)[C@@H](O)[C@H](O)[C@@H]5OC(C)=O)[C@@H]4O)[C@@H](O)[C@@H](O[C@H]4O[C@H](CO)[C@@H](O)[C@H](O)[C@@H]4O[C@H]4O[C@H](CO)[C@@H](O)[C@H](O)[C@@H]4OC(C)=O)[C@@H]3O)O[C@H](CO)[C@@H](O)[C@@H]2O)O[C@H](CO)[C@@H](O)[C@@H]1O. The minimum atomic E-state index is -2.49. The second kappa shape index (κ2) is 39.1. The minimum absolute atomic E-state index is 0.863. The van der Waals surface area contributed by atoms with Crippen molar-refractivity contribution in [1.82, 2.24) is 0 Å². The summed E-state index contributed by atoms with van der Waals surface area (Å²) in [7, 11) is 0. The fraction of sp³-hybridized carbons (Fsp3) is 0.950. The van der Waals surface area contributed by atoms with E-state index in [-0.39, 0.29) is 0 Å². The van der Waals surface area contributed by atoms with Crippen LogP contribution in [-0.2, 0) is 109 Å². The molecular formula is C60H98O49. The third kappa shape index (κ3) is 19.7. The molecule has 9 aliphatic rings. The van der Waals surface area contributed by atoms with Crippen LogP contribution < -0.4 is 0 Å². The van der Waals surface area contributed by atoms with Crippen molar-refractivity contribution in [3.8, 4) is 0 Å². The van der Waals surface area contributed by atoms with Crippen LogP contribution >= 0.6 is 0 Å². The van der Waals surface area contributed by atoms with Gasteiger partial charge in [-0.3, -0.25) is 14.4 Å². The van der Waals surface area contributed by atoms with Crippen LogP contribution in [0.25, 0.3) is 0 Å². The molecule has 0 radical (unpaired) electrons.